The molecule has 0 radical (unpaired) electrons. The zero-order chi connectivity index (χ0) is 11.3. The molecule has 1 rings (SSSR count). The number of hydrogen-bond acceptors (Lipinski definition) is 2. The molecule has 0 saturated heterocycles. The first-order valence-corrected chi connectivity index (χ1v) is 5.79. The van der Waals surface area contributed by atoms with Gasteiger partial charge in [-0.3, -0.25) is 0 Å². The van der Waals surface area contributed by atoms with Crippen LogP contribution in [0.2, 0.25) is 5.02 Å². The molecule has 0 aromatic heterocycles. The van der Waals surface area contributed by atoms with Crippen LogP contribution in [0.1, 0.15) is 15.9 Å². The van der Waals surface area contributed by atoms with Crippen molar-refractivity contribution < 1.29 is 9.53 Å². The predicted octanol–water partition coefficient (Wildman–Crippen LogP) is 3.53. The van der Waals surface area contributed by atoms with Crippen LogP contribution in [0.15, 0.2) is 24.3 Å². The molecule has 0 aliphatic carbocycles. The number of hydrogen-bond donors (Lipinski definition) is 0. The van der Waals surface area contributed by atoms with Gasteiger partial charge in [0.25, 0.3) is 0 Å². The number of benzene rings is 1. The molecule has 0 fully saturated rings. The lowest BCUT2D eigenvalue weighted by atomic mass is 10.1. The average Bonchev–Trinajstić information content (AvgIpc) is 2.27. The highest BCUT2D eigenvalue weighted by Crippen LogP contribution is 2.19. The molecule has 15 heavy (non-hydrogen) atoms. The maximum absolute atomic E-state index is 11.3. The van der Waals surface area contributed by atoms with Crippen molar-refractivity contribution in [3.05, 3.63) is 40.4 Å². The fourth-order valence-corrected chi connectivity index (χ4v) is 1.48. The fraction of sp³-hybridized carbons (Fsp3) is 0.182. The Morgan fingerprint density at radius 2 is 2.33 bits per heavy atom. The molecule has 0 aliphatic rings. The van der Waals surface area contributed by atoms with E-state index in [1.54, 1.807) is 12.1 Å². The molecule has 0 spiro atoms. The van der Waals surface area contributed by atoms with Crippen molar-refractivity contribution in [2.75, 3.05) is 12.4 Å². The fourth-order valence-electron chi connectivity index (χ4n) is 1.09. The van der Waals surface area contributed by atoms with Gasteiger partial charge in [0.1, 0.15) is 0 Å². The Labute approximate surface area is 102 Å². The Morgan fingerprint density at radius 1 is 1.60 bits per heavy atom. The minimum absolute atomic E-state index is 0.385. The monoisotopic (exact) mass is 288 g/mol. The van der Waals surface area contributed by atoms with Crippen LogP contribution in [0, 0.1) is 0 Å². The quantitative estimate of drug-likeness (QED) is 0.628. The van der Waals surface area contributed by atoms with Crippen LogP contribution in [0.25, 0.3) is 6.08 Å². The maximum Gasteiger partial charge on any atom is 0.339 e. The van der Waals surface area contributed by atoms with Crippen LogP contribution in [-0.2, 0) is 4.74 Å². The lowest BCUT2D eigenvalue weighted by molar-refractivity contribution is 0.0601. The van der Waals surface area contributed by atoms with E-state index in [0.29, 0.717) is 10.6 Å². The highest BCUT2D eigenvalue weighted by atomic mass is 79.9. The number of rotatable bonds is 3. The molecule has 0 bridgehead atoms. The minimum atomic E-state index is -0.422. The number of esters is 1. The van der Waals surface area contributed by atoms with Crippen LogP contribution in [-0.4, -0.2) is 18.4 Å². The van der Waals surface area contributed by atoms with Gasteiger partial charge in [-0.25, -0.2) is 4.79 Å². The summed E-state index contributed by atoms with van der Waals surface area (Å²) in [5.41, 5.74) is 1.30. The second kappa shape index (κ2) is 5.93. The molecule has 0 atom stereocenters. The summed E-state index contributed by atoms with van der Waals surface area (Å²) in [7, 11) is 1.33. The number of methoxy groups -OCH3 is 1. The molecular formula is C11H10BrClO2. The molecule has 0 amide bonds. The van der Waals surface area contributed by atoms with Crippen molar-refractivity contribution in [1.82, 2.24) is 0 Å². The molecule has 0 unspecified atom stereocenters. The maximum atomic E-state index is 11.3. The van der Waals surface area contributed by atoms with E-state index in [4.69, 9.17) is 11.6 Å². The Balaban J connectivity index is 3.05. The summed E-state index contributed by atoms with van der Waals surface area (Å²) in [6.07, 6.45) is 3.84. The standard InChI is InChI=1S/C11H10BrClO2/c1-15-11(14)9-7-8(3-2-6-12)4-5-10(9)13/h2-5,7H,6H2,1H3. The molecule has 0 saturated carbocycles. The van der Waals surface area contributed by atoms with Gasteiger partial charge in [0.2, 0.25) is 0 Å². The third kappa shape index (κ3) is 3.36. The smallest absolute Gasteiger partial charge is 0.339 e. The SMILES string of the molecule is COC(=O)c1cc(C=CCBr)ccc1Cl. The van der Waals surface area contributed by atoms with E-state index in [1.165, 1.54) is 7.11 Å². The number of halogens is 2. The zero-order valence-corrected chi connectivity index (χ0v) is 10.5. The van der Waals surface area contributed by atoms with Gasteiger partial charge in [-0.05, 0) is 17.7 Å². The van der Waals surface area contributed by atoms with Crippen molar-refractivity contribution in [2.45, 2.75) is 0 Å². The van der Waals surface area contributed by atoms with Gasteiger partial charge in [0, 0.05) is 5.33 Å². The summed E-state index contributed by atoms with van der Waals surface area (Å²) in [5.74, 6) is -0.422. The summed E-state index contributed by atoms with van der Waals surface area (Å²) < 4.78 is 4.62. The second-order valence-corrected chi connectivity index (χ2v) is 3.84. The third-order valence-electron chi connectivity index (χ3n) is 1.80. The summed E-state index contributed by atoms with van der Waals surface area (Å²) in [4.78, 5) is 11.3. The van der Waals surface area contributed by atoms with E-state index in [0.717, 1.165) is 10.9 Å². The second-order valence-electron chi connectivity index (χ2n) is 2.79. The van der Waals surface area contributed by atoms with Crippen molar-refractivity contribution in [1.29, 1.82) is 0 Å². The van der Waals surface area contributed by atoms with E-state index >= 15 is 0 Å². The summed E-state index contributed by atoms with van der Waals surface area (Å²) in [6.45, 7) is 0. The van der Waals surface area contributed by atoms with Crippen LogP contribution >= 0.6 is 27.5 Å². The topological polar surface area (TPSA) is 26.3 Å². The normalized spacial score (nSPS) is 10.6. The Morgan fingerprint density at radius 3 is 2.93 bits per heavy atom. The van der Waals surface area contributed by atoms with Crippen LogP contribution < -0.4 is 0 Å². The van der Waals surface area contributed by atoms with Gasteiger partial charge in [-0.1, -0.05) is 45.7 Å². The molecule has 0 N–H and O–H groups in total. The molecule has 80 valence electrons. The van der Waals surface area contributed by atoms with Crippen molar-refractivity contribution in [3.8, 4) is 0 Å². The molecule has 0 aliphatic heterocycles. The number of allylic oxidation sites excluding steroid dienone is 1. The molecule has 0 heterocycles. The van der Waals surface area contributed by atoms with E-state index in [9.17, 15) is 4.79 Å². The Bertz CT molecular complexity index is 388. The zero-order valence-electron chi connectivity index (χ0n) is 8.17. The van der Waals surface area contributed by atoms with Crippen LogP contribution in [0.5, 0.6) is 0 Å². The van der Waals surface area contributed by atoms with Gasteiger partial charge >= 0.3 is 5.97 Å². The molecule has 1 aromatic rings. The van der Waals surface area contributed by atoms with Crippen LogP contribution in [0.4, 0.5) is 0 Å². The number of ether oxygens (including phenoxy) is 1. The van der Waals surface area contributed by atoms with Gasteiger partial charge in [-0.15, -0.1) is 0 Å². The first-order valence-electron chi connectivity index (χ1n) is 4.29. The van der Waals surface area contributed by atoms with E-state index < -0.39 is 5.97 Å². The highest BCUT2D eigenvalue weighted by molar-refractivity contribution is 9.09. The minimum Gasteiger partial charge on any atom is -0.465 e. The van der Waals surface area contributed by atoms with Crippen molar-refractivity contribution >= 4 is 39.6 Å². The predicted molar refractivity (Wildman–Crippen MR) is 65.6 cm³/mol. The largest absolute Gasteiger partial charge is 0.465 e. The highest BCUT2D eigenvalue weighted by Gasteiger charge is 2.10. The van der Waals surface area contributed by atoms with Crippen LogP contribution in [0.3, 0.4) is 0 Å². The first kappa shape index (κ1) is 12.3. The molecule has 2 nitrogen and oxygen atoms in total. The van der Waals surface area contributed by atoms with Gasteiger partial charge < -0.3 is 4.74 Å². The van der Waals surface area contributed by atoms with Crippen molar-refractivity contribution in [2.24, 2.45) is 0 Å². The number of carbonyl (C=O) groups is 1. The first-order chi connectivity index (χ1) is 7.19. The average molecular weight is 290 g/mol. The van der Waals surface area contributed by atoms with E-state index in [1.807, 2.05) is 18.2 Å². The third-order valence-corrected chi connectivity index (χ3v) is 2.50. The van der Waals surface area contributed by atoms with Gasteiger partial charge in [-0.2, -0.15) is 0 Å². The number of carbonyl (C=O) groups excluding carboxylic acids is 1. The molecular weight excluding hydrogens is 279 g/mol. The Kier molecular flexibility index (Phi) is 4.85. The van der Waals surface area contributed by atoms with Gasteiger partial charge in [0.05, 0.1) is 17.7 Å². The van der Waals surface area contributed by atoms with E-state index in [-0.39, 0.29) is 0 Å². The summed E-state index contributed by atoms with van der Waals surface area (Å²) >= 11 is 9.15. The van der Waals surface area contributed by atoms with Gasteiger partial charge in [0.15, 0.2) is 0 Å². The summed E-state index contributed by atoms with van der Waals surface area (Å²) in [6, 6.07) is 5.23. The lowest BCUT2D eigenvalue weighted by Crippen LogP contribution is -2.02. The van der Waals surface area contributed by atoms with E-state index in [2.05, 4.69) is 20.7 Å². The molecule has 1 aromatic carbocycles. The molecule has 4 heteroatoms. The Hall–Kier alpha value is -0.800. The lowest BCUT2D eigenvalue weighted by Gasteiger charge is -2.03. The summed E-state index contributed by atoms with van der Waals surface area (Å²) in [5, 5.41) is 1.17. The van der Waals surface area contributed by atoms with Crippen molar-refractivity contribution in [3.63, 3.8) is 0 Å². The number of alkyl halides is 1.